The van der Waals surface area contributed by atoms with E-state index in [9.17, 15) is 13.2 Å². The molecule has 2 aromatic carbocycles. The first-order chi connectivity index (χ1) is 11.9. The average molecular weight is 379 g/mol. The number of halogens is 1. The van der Waals surface area contributed by atoms with Crippen molar-refractivity contribution in [2.45, 2.75) is 24.2 Å². The van der Waals surface area contributed by atoms with Gasteiger partial charge in [-0.3, -0.25) is 4.79 Å². The first kappa shape index (κ1) is 17.9. The molecule has 1 aliphatic rings. The minimum atomic E-state index is -3.74. The average Bonchev–Trinajstić information content (AvgIpc) is 3.02. The van der Waals surface area contributed by atoms with E-state index in [0.717, 1.165) is 23.6 Å². The van der Waals surface area contributed by atoms with E-state index in [1.165, 1.54) is 42.4 Å². The Hall–Kier alpha value is -1.89. The van der Waals surface area contributed by atoms with Gasteiger partial charge in [0.15, 0.2) is 0 Å². The Labute approximate surface area is 152 Å². The summed E-state index contributed by atoms with van der Waals surface area (Å²) in [6.45, 7) is -0.262. The lowest BCUT2D eigenvalue weighted by molar-refractivity contribution is -0.116. The predicted molar refractivity (Wildman–Crippen MR) is 98.4 cm³/mol. The van der Waals surface area contributed by atoms with Crippen molar-refractivity contribution in [3.8, 4) is 0 Å². The summed E-state index contributed by atoms with van der Waals surface area (Å²) in [5.74, 6) is -0.377. The van der Waals surface area contributed by atoms with Gasteiger partial charge in [-0.25, -0.2) is 8.42 Å². The van der Waals surface area contributed by atoms with Gasteiger partial charge < -0.3 is 5.32 Å². The number of amides is 1. The number of anilines is 1. The second kappa shape index (κ2) is 7.15. The molecule has 2 aromatic rings. The van der Waals surface area contributed by atoms with Gasteiger partial charge in [-0.2, -0.15) is 4.31 Å². The third-order valence-electron chi connectivity index (χ3n) is 4.27. The monoisotopic (exact) mass is 378 g/mol. The van der Waals surface area contributed by atoms with Crippen LogP contribution in [0.25, 0.3) is 0 Å². The fraction of sp³-hybridized carbons (Fsp3) is 0.278. The van der Waals surface area contributed by atoms with Crippen LogP contribution in [0.4, 0.5) is 5.69 Å². The number of sulfonamides is 1. The summed E-state index contributed by atoms with van der Waals surface area (Å²) < 4.78 is 26.0. The van der Waals surface area contributed by atoms with Crippen LogP contribution in [-0.4, -0.2) is 32.2 Å². The number of hydrogen-bond acceptors (Lipinski definition) is 3. The molecular formula is C18H19ClN2O3S. The van der Waals surface area contributed by atoms with Gasteiger partial charge >= 0.3 is 0 Å². The van der Waals surface area contributed by atoms with Crippen LogP contribution in [0.2, 0.25) is 5.02 Å². The molecule has 0 saturated heterocycles. The lowest BCUT2D eigenvalue weighted by Crippen LogP contribution is -2.34. The third-order valence-corrected chi connectivity index (χ3v) is 6.34. The third kappa shape index (κ3) is 4.03. The molecule has 1 N–H and O–H groups in total. The lowest BCUT2D eigenvalue weighted by Gasteiger charge is -2.17. The Morgan fingerprint density at radius 1 is 1.12 bits per heavy atom. The summed E-state index contributed by atoms with van der Waals surface area (Å²) in [7, 11) is -2.36. The fourth-order valence-electron chi connectivity index (χ4n) is 2.92. The molecule has 0 radical (unpaired) electrons. The smallest absolute Gasteiger partial charge is 0.243 e. The highest BCUT2D eigenvalue weighted by atomic mass is 35.5. The van der Waals surface area contributed by atoms with E-state index < -0.39 is 10.0 Å². The van der Waals surface area contributed by atoms with Crippen LogP contribution in [0.15, 0.2) is 47.4 Å². The maximum atomic E-state index is 12.5. The van der Waals surface area contributed by atoms with Crippen molar-refractivity contribution in [1.82, 2.24) is 4.31 Å². The molecule has 0 atom stereocenters. The molecule has 0 aromatic heterocycles. The van der Waals surface area contributed by atoms with E-state index in [1.54, 1.807) is 0 Å². The largest absolute Gasteiger partial charge is 0.325 e. The van der Waals surface area contributed by atoms with Crippen molar-refractivity contribution in [2.24, 2.45) is 0 Å². The summed E-state index contributed by atoms with van der Waals surface area (Å²) in [4.78, 5) is 12.3. The van der Waals surface area contributed by atoms with Crippen LogP contribution in [0, 0.1) is 0 Å². The Kier molecular flexibility index (Phi) is 5.13. The standard InChI is InChI=1S/C18H19ClN2O3S/c1-21(25(23,24)17-9-6-15(19)7-10-17)12-18(22)20-16-8-5-13-3-2-4-14(13)11-16/h5-11H,2-4,12H2,1H3,(H,20,22). The second-order valence-electron chi connectivity index (χ2n) is 6.10. The van der Waals surface area contributed by atoms with E-state index in [0.29, 0.717) is 10.7 Å². The second-order valence-corrected chi connectivity index (χ2v) is 8.58. The molecule has 0 unspecified atom stereocenters. The number of fused-ring (bicyclic) bond motifs is 1. The lowest BCUT2D eigenvalue weighted by atomic mass is 10.1. The predicted octanol–water partition coefficient (Wildman–Crippen LogP) is 3.09. The van der Waals surface area contributed by atoms with Crippen LogP contribution < -0.4 is 5.32 Å². The Morgan fingerprint density at radius 3 is 2.52 bits per heavy atom. The first-order valence-corrected chi connectivity index (χ1v) is 9.81. The zero-order chi connectivity index (χ0) is 18.0. The normalized spacial score (nSPS) is 13.7. The molecule has 0 heterocycles. The van der Waals surface area contributed by atoms with Crippen molar-refractivity contribution in [3.63, 3.8) is 0 Å². The molecule has 25 heavy (non-hydrogen) atoms. The van der Waals surface area contributed by atoms with Crippen molar-refractivity contribution < 1.29 is 13.2 Å². The summed E-state index contributed by atoms with van der Waals surface area (Å²) in [5.41, 5.74) is 3.27. The van der Waals surface area contributed by atoms with Gasteiger partial charge in [-0.1, -0.05) is 17.7 Å². The summed E-state index contributed by atoms with van der Waals surface area (Å²) in [6, 6.07) is 11.7. The van der Waals surface area contributed by atoms with Crippen molar-refractivity contribution >= 4 is 33.2 Å². The van der Waals surface area contributed by atoms with Crippen molar-refractivity contribution in [1.29, 1.82) is 0 Å². The number of hydrogen-bond donors (Lipinski definition) is 1. The minimum Gasteiger partial charge on any atom is -0.325 e. The highest BCUT2D eigenvalue weighted by molar-refractivity contribution is 7.89. The number of aryl methyl sites for hydroxylation is 2. The molecule has 0 bridgehead atoms. The first-order valence-electron chi connectivity index (χ1n) is 8.00. The molecule has 3 rings (SSSR count). The molecule has 0 aliphatic heterocycles. The molecule has 1 amide bonds. The van der Waals surface area contributed by atoms with Crippen LogP contribution in [0.3, 0.4) is 0 Å². The molecule has 0 spiro atoms. The number of benzene rings is 2. The maximum absolute atomic E-state index is 12.5. The summed E-state index contributed by atoms with van der Waals surface area (Å²) >= 11 is 5.78. The zero-order valence-corrected chi connectivity index (χ0v) is 15.4. The van der Waals surface area contributed by atoms with E-state index in [-0.39, 0.29) is 17.3 Å². The molecular weight excluding hydrogens is 360 g/mol. The highest BCUT2D eigenvalue weighted by Gasteiger charge is 2.23. The Morgan fingerprint density at radius 2 is 1.80 bits per heavy atom. The van der Waals surface area contributed by atoms with E-state index in [1.807, 2.05) is 18.2 Å². The number of rotatable bonds is 5. The van der Waals surface area contributed by atoms with Gasteiger partial charge in [0.2, 0.25) is 15.9 Å². The molecule has 132 valence electrons. The molecule has 5 nitrogen and oxygen atoms in total. The van der Waals surface area contributed by atoms with Crippen LogP contribution in [0.1, 0.15) is 17.5 Å². The quantitative estimate of drug-likeness (QED) is 0.869. The van der Waals surface area contributed by atoms with Gasteiger partial charge in [-0.05, 0) is 66.8 Å². The number of carbonyl (C=O) groups excluding carboxylic acids is 1. The zero-order valence-electron chi connectivity index (χ0n) is 13.8. The maximum Gasteiger partial charge on any atom is 0.243 e. The van der Waals surface area contributed by atoms with Crippen molar-refractivity contribution in [3.05, 3.63) is 58.6 Å². The number of nitrogens with one attached hydrogen (secondary N) is 1. The molecule has 0 saturated carbocycles. The Bertz CT molecular complexity index is 895. The van der Waals surface area contributed by atoms with Crippen LogP contribution in [0.5, 0.6) is 0 Å². The topological polar surface area (TPSA) is 66.5 Å². The highest BCUT2D eigenvalue weighted by Crippen LogP contribution is 2.25. The number of carbonyl (C=O) groups is 1. The van der Waals surface area contributed by atoms with E-state index >= 15 is 0 Å². The summed E-state index contributed by atoms with van der Waals surface area (Å²) in [5, 5.41) is 3.22. The van der Waals surface area contributed by atoms with E-state index in [2.05, 4.69) is 5.32 Å². The van der Waals surface area contributed by atoms with Gasteiger partial charge in [-0.15, -0.1) is 0 Å². The molecule has 7 heteroatoms. The van der Waals surface area contributed by atoms with Gasteiger partial charge in [0.25, 0.3) is 0 Å². The molecule has 1 aliphatic carbocycles. The minimum absolute atomic E-state index is 0.102. The fourth-order valence-corrected chi connectivity index (χ4v) is 4.18. The van der Waals surface area contributed by atoms with E-state index in [4.69, 9.17) is 11.6 Å². The summed E-state index contributed by atoms with van der Waals surface area (Å²) in [6.07, 6.45) is 3.23. The molecule has 0 fully saturated rings. The van der Waals surface area contributed by atoms with Gasteiger partial charge in [0, 0.05) is 17.8 Å². The van der Waals surface area contributed by atoms with Crippen LogP contribution in [-0.2, 0) is 27.7 Å². The Balaban J connectivity index is 1.66. The van der Waals surface area contributed by atoms with Crippen LogP contribution >= 0.6 is 11.6 Å². The van der Waals surface area contributed by atoms with Gasteiger partial charge in [0.05, 0.1) is 11.4 Å². The number of nitrogens with zero attached hydrogens (tertiary/aromatic N) is 1. The number of likely N-dealkylation sites (N-methyl/N-ethyl adjacent to an activating group) is 1. The SMILES string of the molecule is CN(CC(=O)Nc1ccc2c(c1)CCC2)S(=O)(=O)c1ccc(Cl)cc1. The van der Waals surface area contributed by atoms with Crippen molar-refractivity contribution in [2.75, 3.05) is 18.9 Å². The van der Waals surface area contributed by atoms with Gasteiger partial charge in [0.1, 0.15) is 0 Å².